The average Bonchev–Trinajstić information content (AvgIpc) is 2.95. The SMILES string of the molecule is CC(C)[C@@H](CN(c1ccccc1F)S(=O)(=O)C(C)(C)C)N1C(=O)[C@@H](CC(=O)O)O[C@H](c2cccc(Cl)c2)[C@H]1c1ccc(Cl)cc1. The summed E-state index contributed by atoms with van der Waals surface area (Å²) in [6, 6.07) is 17.5. The van der Waals surface area contributed by atoms with Gasteiger partial charge in [0, 0.05) is 10.0 Å². The second-order valence-electron chi connectivity index (χ2n) is 12.4. The first-order valence-corrected chi connectivity index (χ1v) is 16.7. The van der Waals surface area contributed by atoms with E-state index in [4.69, 9.17) is 27.9 Å². The molecule has 1 aliphatic heterocycles. The quantitative estimate of drug-likeness (QED) is 0.242. The van der Waals surface area contributed by atoms with Gasteiger partial charge in [0.15, 0.2) is 0 Å². The molecule has 242 valence electrons. The molecule has 0 bridgehead atoms. The zero-order chi connectivity index (χ0) is 33.3. The molecule has 3 aromatic rings. The van der Waals surface area contributed by atoms with Crippen LogP contribution in [0.2, 0.25) is 10.0 Å². The van der Waals surface area contributed by atoms with E-state index in [2.05, 4.69) is 0 Å². The maximum Gasteiger partial charge on any atom is 0.306 e. The number of carboxylic acids is 1. The van der Waals surface area contributed by atoms with E-state index in [0.717, 1.165) is 4.31 Å². The predicted molar refractivity (Wildman–Crippen MR) is 173 cm³/mol. The van der Waals surface area contributed by atoms with Gasteiger partial charge in [-0.1, -0.05) is 73.4 Å². The highest BCUT2D eigenvalue weighted by Crippen LogP contribution is 2.45. The Labute approximate surface area is 273 Å². The molecule has 0 unspecified atom stereocenters. The lowest BCUT2D eigenvalue weighted by Crippen LogP contribution is -2.60. The maximum absolute atomic E-state index is 15.3. The molecule has 0 radical (unpaired) electrons. The number of anilines is 1. The third kappa shape index (κ3) is 7.46. The summed E-state index contributed by atoms with van der Waals surface area (Å²) < 4.78 is 49.5. The Morgan fingerprint density at radius 1 is 1.00 bits per heavy atom. The van der Waals surface area contributed by atoms with Crippen molar-refractivity contribution in [3.05, 3.63) is 99.8 Å². The van der Waals surface area contributed by atoms with Crippen LogP contribution in [0.5, 0.6) is 0 Å². The van der Waals surface area contributed by atoms with Gasteiger partial charge in [0.25, 0.3) is 5.91 Å². The molecular formula is C33H37Cl2FN2O6S. The van der Waals surface area contributed by atoms with Gasteiger partial charge in [0.2, 0.25) is 10.0 Å². The van der Waals surface area contributed by atoms with Crippen LogP contribution in [0.25, 0.3) is 0 Å². The zero-order valence-corrected chi connectivity index (χ0v) is 28.0. The first kappa shape index (κ1) is 34.7. The Morgan fingerprint density at radius 2 is 1.64 bits per heavy atom. The van der Waals surface area contributed by atoms with Crippen molar-refractivity contribution in [3.63, 3.8) is 0 Å². The van der Waals surface area contributed by atoms with Crippen LogP contribution < -0.4 is 4.31 Å². The number of morpholine rings is 1. The molecule has 0 saturated carbocycles. The lowest BCUT2D eigenvalue weighted by atomic mass is 9.88. The number of benzene rings is 3. The second-order valence-corrected chi connectivity index (χ2v) is 15.8. The lowest BCUT2D eigenvalue weighted by Gasteiger charge is -2.50. The summed E-state index contributed by atoms with van der Waals surface area (Å²) in [6.45, 7) is 7.92. The average molecular weight is 680 g/mol. The monoisotopic (exact) mass is 678 g/mol. The number of nitrogens with zero attached hydrogens (tertiary/aromatic N) is 2. The van der Waals surface area contributed by atoms with Crippen molar-refractivity contribution >= 4 is 50.8 Å². The number of halogens is 3. The number of hydrogen-bond donors (Lipinski definition) is 1. The van der Waals surface area contributed by atoms with Crippen LogP contribution in [0.15, 0.2) is 72.8 Å². The molecular weight excluding hydrogens is 642 g/mol. The summed E-state index contributed by atoms with van der Waals surface area (Å²) in [4.78, 5) is 27.8. The molecule has 1 heterocycles. The molecule has 1 saturated heterocycles. The number of para-hydroxylation sites is 1. The molecule has 4 rings (SSSR count). The third-order valence-electron chi connectivity index (χ3n) is 7.84. The second kappa shape index (κ2) is 13.7. The number of carbonyl (C=O) groups is 2. The molecule has 4 atom stereocenters. The summed E-state index contributed by atoms with van der Waals surface area (Å²) in [6.07, 6.45) is -2.91. The van der Waals surface area contributed by atoms with E-state index >= 15 is 4.39 Å². The van der Waals surface area contributed by atoms with Crippen LogP contribution in [0.1, 0.15) is 64.3 Å². The molecule has 1 N–H and O–H groups in total. The predicted octanol–water partition coefficient (Wildman–Crippen LogP) is 7.28. The van der Waals surface area contributed by atoms with Crippen LogP contribution in [0.3, 0.4) is 0 Å². The van der Waals surface area contributed by atoms with Crippen molar-refractivity contribution in [1.29, 1.82) is 0 Å². The Balaban J connectivity index is 1.97. The van der Waals surface area contributed by atoms with E-state index in [1.807, 2.05) is 13.8 Å². The Hall–Kier alpha value is -3.18. The summed E-state index contributed by atoms with van der Waals surface area (Å²) in [5.74, 6) is -2.99. The Bertz CT molecular complexity index is 1650. The molecule has 8 nitrogen and oxygen atoms in total. The number of carbonyl (C=O) groups excluding carboxylic acids is 1. The minimum atomic E-state index is -4.20. The number of amides is 1. The van der Waals surface area contributed by atoms with Crippen molar-refractivity contribution in [1.82, 2.24) is 4.90 Å². The summed E-state index contributed by atoms with van der Waals surface area (Å²) in [5, 5.41) is 10.6. The van der Waals surface area contributed by atoms with Gasteiger partial charge in [-0.15, -0.1) is 0 Å². The van der Waals surface area contributed by atoms with Gasteiger partial charge in [0.1, 0.15) is 18.0 Å². The number of hydrogen-bond acceptors (Lipinski definition) is 5. The minimum absolute atomic E-state index is 0.157. The van der Waals surface area contributed by atoms with Crippen LogP contribution in [0.4, 0.5) is 10.1 Å². The topological polar surface area (TPSA) is 104 Å². The van der Waals surface area contributed by atoms with Crippen molar-refractivity contribution in [2.24, 2.45) is 5.92 Å². The highest BCUT2D eigenvalue weighted by molar-refractivity contribution is 7.94. The van der Waals surface area contributed by atoms with E-state index in [-0.39, 0.29) is 18.2 Å². The molecule has 0 aliphatic carbocycles. The number of aliphatic carboxylic acids is 1. The first-order chi connectivity index (χ1) is 21.0. The Kier molecular flexibility index (Phi) is 10.5. The van der Waals surface area contributed by atoms with E-state index in [1.54, 1.807) is 54.6 Å². The van der Waals surface area contributed by atoms with Gasteiger partial charge in [-0.2, -0.15) is 0 Å². The van der Waals surface area contributed by atoms with Crippen molar-refractivity contribution in [3.8, 4) is 0 Å². The third-order valence-corrected chi connectivity index (χ3v) is 10.8. The van der Waals surface area contributed by atoms with Crippen molar-refractivity contribution in [2.75, 3.05) is 10.8 Å². The van der Waals surface area contributed by atoms with Gasteiger partial charge in [-0.05, 0) is 74.2 Å². The minimum Gasteiger partial charge on any atom is -0.481 e. The molecule has 1 fully saturated rings. The Morgan fingerprint density at radius 3 is 2.20 bits per heavy atom. The summed E-state index contributed by atoms with van der Waals surface area (Å²) >= 11 is 12.6. The van der Waals surface area contributed by atoms with Crippen LogP contribution in [-0.4, -0.2) is 53.7 Å². The fourth-order valence-corrected chi connectivity index (χ4v) is 7.20. The molecule has 1 aliphatic rings. The number of rotatable bonds is 10. The standard InChI is InChI=1S/C33H37Cl2FN2O6S/c1-20(2)27(19-37(45(42,43)33(3,4)5)26-12-7-6-11-25(26)36)38-30(21-13-15-23(34)16-14-21)31(22-9-8-10-24(35)17-22)44-28(32(38)41)18-29(39)40/h6-17,20,27-28,30-31H,18-19H2,1-5H3,(H,39,40)/t27-,28-,30-,31-/m1/s1. The molecule has 1 amide bonds. The van der Waals surface area contributed by atoms with Crippen molar-refractivity contribution in [2.45, 2.75) is 70.1 Å². The normalized spacial score (nSPS) is 19.9. The van der Waals surface area contributed by atoms with Gasteiger partial charge in [0.05, 0.1) is 35.5 Å². The number of carboxylic acid groups (broad SMARTS) is 1. The van der Waals surface area contributed by atoms with Gasteiger partial charge in [-0.25, -0.2) is 12.8 Å². The molecule has 3 aromatic carbocycles. The summed E-state index contributed by atoms with van der Waals surface area (Å²) in [5.41, 5.74) is 1.05. The largest absolute Gasteiger partial charge is 0.481 e. The molecule has 0 aromatic heterocycles. The maximum atomic E-state index is 15.3. The lowest BCUT2D eigenvalue weighted by molar-refractivity contribution is -0.184. The van der Waals surface area contributed by atoms with Gasteiger partial charge >= 0.3 is 5.97 Å². The zero-order valence-electron chi connectivity index (χ0n) is 25.7. The van der Waals surface area contributed by atoms with Gasteiger partial charge < -0.3 is 14.7 Å². The first-order valence-electron chi connectivity index (χ1n) is 14.5. The van der Waals surface area contributed by atoms with Gasteiger partial charge in [-0.3, -0.25) is 13.9 Å². The van der Waals surface area contributed by atoms with Crippen molar-refractivity contribution < 1.29 is 32.2 Å². The van der Waals surface area contributed by atoms with Crippen LogP contribution in [-0.2, 0) is 24.3 Å². The fourth-order valence-electron chi connectivity index (χ4n) is 5.46. The van der Waals surface area contributed by atoms with Crippen LogP contribution >= 0.6 is 23.2 Å². The molecule has 45 heavy (non-hydrogen) atoms. The molecule has 12 heteroatoms. The van der Waals surface area contributed by atoms with E-state index < -0.39 is 63.2 Å². The van der Waals surface area contributed by atoms with E-state index in [1.165, 1.54) is 43.9 Å². The van der Waals surface area contributed by atoms with E-state index in [9.17, 15) is 23.1 Å². The summed E-state index contributed by atoms with van der Waals surface area (Å²) in [7, 11) is -4.20. The smallest absolute Gasteiger partial charge is 0.306 e. The number of ether oxygens (including phenoxy) is 1. The van der Waals surface area contributed by atoms with Crippen LogP contribution in [0, 0.1) is 11.7 Å². The number of sulfonamides is 1. The fraction of sp³-hybridized carbons (Fsp3) is 0.394. The van der Waals surface area contributed by atoms with E-state index in [0.29, 0.717) is 21.2 Å². The highest BCUT2D eigenvalue weighted by atomic mass is 35.5. The molecule has 0 spiro atoms. The highest BCUT2D eigenvalue weighted by Gasteiger charge is 2.49.